The predicted octanol–water partition coefficient (Wildman–Crippen LogP) is -0.616. The molecule has 1 amide bonds. The lowest BCUT2D eigenvalue weighted by Crippen LogP contribution is -2.36. The molecule has 1 aliphatic rings. The number of hydrogen-bond donors (Lipinski definition) is 2. The van der Waals surface area contributed by atoms with Gasteiger partial charge in [-0.25, -0.2) is 12.7 Å². The van der Waals surface area contributed by atoms with E-state index in [1.165, 1.54) is 18.4 Å². The molecule has 0 saturated carbocycles. The molecule has 1 heterocycles. The van der Waals surface area contributed by atoms with Crippen LogP contribution in [0.4, 0.5) is 0 Å². The van der Waals surface area contributed by atoms with E-state index in [1.54, 1.807) is 0 Å². The Morgan fingerprint density at radius 3 is 2.50 bits per heavy atom. The van der Waals surface area contributed by atoms with Gasteiger partial charge in [-0.05, 0) is 31.8 Å². The van der Waals surface area contributed by atoms with Crippen LogP contribution in [0, 0.1) is 5.92 Å². The fourth-order valence-electron chi connectivity index (χ4n) is 1.92. The fraction of sp³-hybridized carbons (Fsp3) is 0.909. The number of nitrogens with zero attached hydrogens (tertiary/aromatic N) is 1. The van der Waals surface area contributed by atoms with Crippen molar-refractivity contribution in [2.24, 2.45) is 5.92 Å². The number of piperidine rings is 1. The van der Waals surface area contributed by atoms with Gasteiger partial charge in [0.15, 0.2) is 0 Å². The Bertz CT molecular complexity index is 362. The summed E-state index contributed by atoms with van der Waals surface area (Å²) < 4.78 is 24.1. The maximum absolute atomic E-state index is 11.6. The zero-order valence-electron chi connectivity index (χ0n) is 11.1. The van der Waals surface area contributed by atoms with E-state index in [9.17, 15) is 13.2 Å². The van der Waals surface area contributed by atoms with Crippen molar-refractivity contribution < 1.29 is 13.2 Å². The summed E-state index contributed by atoms with van der Waals surface area (Å²) >= 11 is 0. The molecule has 0 atom stereocenters. The Balaban J connectivity index is 2.21. The number of nitrogens with one attached hydrogen (secondary N) is 2. The molecule has 1 rings (SSSR count). The lowest BCUT2D eigenvalue weighted by molar-refractivity contribution is -0.122. The molecule has 2 N–H and O–H groups in total. The second-order valence-corrected chi connectivity index (χ2v) is 7.15. The van der Waals surface area contributed by atoms with Crippen LogP contribution in [0.3, 0.4) is 0 Å². The van der Waals surface area contributed by atoms with Crippen LogP contribution in [0.1, 0.15) is 19.3 Å². The SMILES string of the molecule is CN(C)S(=O)(=O)CCNC(=O)CC1CCNCC1. The molecule has 106 valence electrons. The summed E-state index contributed by atoms with van der Waals surface area (Å²) in [6, 6.07) is 0. The minimum Gasteiger partial charge on any atom is -0.355 e. The molecule has 0 unspecified atom stereocenters. The molecule has 1 aliphatic heterocycles. The molecular weight excluding hydrogens is 254 g/mol. The first-order chi connectivity index (χ1) is 8.42. The third-order valence-corrected chi connectivity index (χ3v) is 5.00. The summed E-state index contributed by atoms with van der Waals surface area (Å²) in [6.45, 7) is 2.12. The highest BCUT2D eigenvalue weighted by Crippen LogP contribution is 2.15. The molecule has 0 aromatic rings. The largest absolute Gasteiger partial charge is 0.355 e. The van der Waals surface area contributed by atoms with Crippen LogP contribution in [0.5, 0.6) is 0 Å². The van der Waals surface area contributed by atoms with E-state index in [0.29, 0.717) is 12.3 Å². The van der Waals surface area contributed by atoms with Gasteiger partial charge in [-0.2, -0.15) is 0 Å². The summed E-state index contributed by atoms with van der Waals surface area (Å²) in [5.41, 5.74) is 0. The molecule has 1 saturated heterocycles. The Labute approximate surface area is 109 Å². The van der Waals surface area contributed by atoms with Gasteiger partial charge in [0.05, 0.1) is 5.75 Å². The van der Waals surface area contributed by atoms with Crippen LogP contribution in [0.15, 0.2) is 0 Å². The quantitative estimate of drug-likeness (QED) is 0.678. The van der Waals surface area contributed by atoms with Gasteiger partial charge >= 0.3 is 0 Å². The summed E-state index contributed by atoms with van der Waals surface area (Å²) in [5, 5.41) is 5.92. The zero-order valence-corrected chi connectivity index (χ0v) is 11.9. The van der Waals surface area contributed by atoms with E-state index in [2.05, 4.69) is 10.6 Å². The maximum atomic E-state index is 11.6. The molecule has 0 aromatic carbocycles. The first-order valence-corrected chi connectivity index (χ1v) is 7.90. The van der Waals surface area contributed by atoms with Crippen molar-refractivity contribution in [1.82, 2.24) is 14.9 Å². The maximum Gasteiger partial charge on any atom is 0.220 e. The van der Waals surface area contributed by atoms with E-state index in [4.69, 9.17) is 0 Å². The lowest BCUT2D eigenvalue weighted by atomic mass is 9.94. The standard InChI is InChI=1S/C11H23N3O3S/c1-14(2)18(16,17)8-7-13-11(15)9-10-3-5-12-6-4-10/h10,12H,3-9H2,1-2H3,(H,13,15). The molecule has 0 radical (unpaired) electrons. The van der Waals surface area contributed by atoms with Crippen molar-refractivity contribution >= 4 is 15.9 Å². The molecule has 6 nitrogen and oxygen atoms in total. The second kappa shape index (κ2) is 7.06. The van der Waals surface area contributed by atoms with E-state index < -0.39 is 10.0 Å². The van der Waals surface area contributed by atoms with Crippen molar-refractivity contribution in [3.63, 3.8) is 0 Å². The van der Waals surface area contributed by atoms with E-state index in [-0.39, 0.29) is 18.2 Å². The van der Waals surface area contributed by atoms with E-state index in [1.807, 2.05) is 0 Å². The third kappa shape index (κ3) is 5.32. The number of sulfonamides is 1. The Hall–Kier alpha value is -0.660. The van der Waals surface area contributed by atoms with Crippen molar-refractivity contribution in [2.45, 2.75) is 19.3 Å². The van der Waals surface area contributed by atoms with Gasteiger partial charge in [-0.1, -0.05) is 0 Å². The molecule has 1 fully saturated rings. The van der Waals surface area contributed by atoms with Gasteiger partial charge in [-0.15, -0.1) is 0 Å². The number of carbonyl (C=O) groups is 1. The summed E-state index contributed by atoms with van der Waals surface area (Å²) in [5.74, 6) is 0.338. The highest BCUT2D eigenvalue weighted by molar-refractivity contribution is 7.89. The van der Waals surface area contributed by atoms with Crippen LogP contribution >= 0.6 is 0 Å². The minimum atomic E-state index is -3.22. The Kier molecular flexibility index (Phi) is 6.04. The molecule has 18 heavy (non-hydrogen) atoms. The highest BCUT2D eigenvalue weighted by atomic mass is 32.2. The first kappa shape index (κ1) is 15.4. The molecule has 0 aliphatic carbocycles. The summed E-state index contributed by atoms with van der Waals surface area (Å²) in [4.78, 5) is 11.6. The Morgan fingerprint density at radius 1 is 1.33 bits per heavy atom. The van der Waals surface area contributed by atoms with Crippen LogP contribution in [-0.4, -0.2) is 58.1 Å². The smallest absolute Gasteiger partial charge is 0.220 e. The topological polar surface area (TPSA) is 78.5 Å². The van der Waals surface area contributed by atoms with E-state index in [0.717, 1.165) is 25.9 Å². The summed E-state index contributed by atoms with van der Waals surface area (Å²) in [7, 11) is -0.234. The summed E-state index contributed by atoms with van der Waals surface area (Å²) in [6.07, 6.45) is 2.54. The average molecular weight is 277 g/mol. The number of amides is 1. The molecule has 0 bridgehead atoms. The van der Waals surface area contributed by atoms with Gasteiger partial charge < -0.3 is 10.6 Å². The van der Waals surface area contributed by atoms with Gasteiger partial charge in [0.2, 0.25) is 15.9 Å². The normalized spacial score (nSPS) is 17.9. The molecule has 0 spiro atoms. The predicted molar refractivity (Wildman–Crippen MR) is 70.7 cm³/mol. The van der Waals surface area contributed by atoms with Crippen molar-refractivity contribution in [3.05, 3.63) is 0 Å². The van der Waals surface area contributed by atoms with Gasteiger partial charge in [-0.3, -0.25) is 4.79 Å². The first-order valence-electron chi connectivity index (χ1n) is 6.29. The number of carbonyl (C=O) groups excluding carboxylic acids is 1. The molecular formula is C11H23N3O3S. The highest BCUT2D eigenvalue weighted by Gasteiger charge is 2.17. The average Bonchev–Trinajstić information content (AvgIpc) is 2.29. The fourth-order valence-corrected chi connectivity index (χ4v) is 2.65. The van der Waals surface area contributed by atoms with Crippen LogP contribution in [0.25, 0.3) is 0 Å². The zero-order chi connectivity index (χ0) is 13.6. The van der Waals surface area contributed by atoms with Gasteiger partial charge in [0.1, 0.15) is 0 Å². The van der Waals surface area contributed by atoms with E-state index >= 15 is 0 Å². The van der Waals surface area contributed by atoms with Crippen molar-refractivity contribution in [3.8, 4) is 0 Å². The molecule has 7 heteroatoms. The van der Waals surface area contributed by atoms with Crippen LogP contribution in [-0.2, 0) is 14.8 Å². The second-order valence-electron chi connectivity index (χ2n) is 4.85. The van der Waals surface area contributed by atoms with Crippen LogP contribution in [0.2, 0.25) is 0 Å². The molecule has 0 aromatic heterocycles. The van der Waals surface area contributed by atoms with Gasteiger partial charge in [0, 0.05) is 27.1 Å². The van der Waals surface area contributed by atoms with Crippen molar-refractivity contribution in [1.29, 1.82) is 0 Å². The number of rotatable bonds is 6. The third-order valence-electron chi connectivity index (χ3n) is 3.17. The minimum absolute atomic E-state index is 0.0437. The van der Waals surface area contributed by atoms with Gasteiger partial charge in [0.25, 0.3) is 0 Å². The number of hydrogen-bond acceptors (Lipinski definition) is 4. The Morgan fingerprint density at radius 2 is 1.94 bits per heavy atom. The van der Waals surface area contributed by atoms with Crippen LogP contribution < -0.4 is 10.6 Å². The monoisotopic (exact) mass is 277 g/mol. The lowest BCUT2D eigenvalue weighted by Gasteiger charge is -2.22. The van der Waals surface area contributed by atoms with Crippen molar-refractivity contribution in [2.75, 3.05) is 39.5 Å².